The third-order valence-corrected chi connectivity index (χ3v) is 5.15. The van der Waals surface area contributed by atoms with Gasteiger partial charge in [0, 0.05) is 20.1 Å². The number of pyridine rings is 1. The molecule has 3 aliphatic heterocycles. The van der Waals surface area contributed by atoms with Crippen LogP contribution in [-0.2, 0) is 9.53 Å². The van der Waals surface area contributed by atoms with Gasteiger partial charge in [-0.05, 0) is 42.8 Å². The molecule has 1 saturated heterocycles. The van der Waals surface area contributed by atoms with Crippen molar-refractivity contribution in [1.82, 2.24) is 14.8 Å². The van der Waals surface area contributed by atoms with Crippen LogP contribution in [0.1, 0.15) is 20.8 Å². The molecule has 0 bridgehead atoms. The Morgan fingerprint density at radius 1 is 1.29 bits per heavy atom. The number of halogens is 1. The highest BCUT2D eigenvalue weighted by Gasteiger charge is 2.42. The van der Waals surface area contributed by atoms with E-state index in [4.69, 9.17) is 4.74 Å². The Hall–Kier alpha value is -2.49. The van der Waals surface area contributed by atoms with E-state index >= 15 is 0 Å². The SMILES string of the molecule is CN(C(=O)OC(C)(C)C)C1CN(C2=Nc3cnc(Br)cc3N3CC(=O)N=C23)C1. The highest BCUT2D eigenvalue weighted by molar-refractivity contribution is 9.10. The van der Waals surface area contributed by atoms with Gasteiger partial charge in [-0.25, -0.2) is 14.8 Å². The Bertz CT molecular complexity index is 916. The van der Waals surface area contributed by atoms with Crippen LogP contribution in [0.5, 0.6) is 0 Å². The molecule has 0 unspecified atom stereocenters. The van der Waals surface area contributed by atoms with E-state index in [1.165, 1.54) is 0 Å². The van der Waals surface area contributed by atoms with E-state index in [1.807, 2.05) is 36.6 Å². The van der Waals surface area contributed by atoms with Crippen LogP contribution in [0.2, 0.25) is 0 Å². The molecule has 9 nitrogen and oxygen atoms in total. The molecule has 0 aromatic carbocycles. The topological polar surface area (TPSA) is 90.7 Å². The molecular formula is C18H21BrN6O3. The molecule has 0 atom stereocenters. The number of aliphatic imine (C=N–C) groups is 2. The number of anilines is 1. The zero-order chi connectivity index (χ0) is 20.2. The zero-order valence-corrected chi connectivity index (χ0v) is 17.7. The van der Waals surface area contributed by atoms with E-state index in [1.54, 1.807) is 18.1 Å². The summed E-state index contributed by atoms with van der Waals surface area (Å²) >= 11 is 3.36. The number of likely N-dealkylation sites (N-methyl/N-ethyl adjacent to an activating group) is 1. The van der Waals surface area contributed by atoms with Crippen LogP contribution in [0.25, 0.3) is 0 Å². The van der Waals surface area contributed by atoms with E-state index in [-0.39, 0.29) is 24.6 Å². The van der Waals surface area contributed by atoms with Gasteiger partial charge in [0.2, 0.25) is 0 Å². The van der Waals surface area contributed by atoms with E-state index < -0.39 is 5.60 Å². The number of hydrogen-bond donors (Lipinski definition) is 0. The predicted octanol–water partition coefficient (Wildman–Crippen LogP) is 2.18. The van der Waals surface area contributed by atoms with Crippen molar-refractivity contribution in [3.63, 3.8) is 0 Å². The van der Waals surface area contributed by atoms with Gasteiger partial charge < -0.3 is 19.4 Å². The summed E-state index contributed by atoms with van der Waals surface area (Å²) in [6.07, 6.45) is 1.32. The van der Waals surface area contributed by atoms with Gasteiger partial charge >= 0.3 is 6.09 Å². The standard InChI is InChI=1S/C18H21BrN6O3/c1-18(2,3)28-17(27)23(4)10-7-24(8-10)15-16-22-14(26)9-25(16)12-5-13(19)20-6-11(12)21-15/h5-6,10H,7-9H2,1-4H3. The predicted molar refractivity (Wildman–Crippen MR) is 108 cm³/mol. The number of carbonyl (C=O) groups is 2. The number of hydrogen-bond acceptors (Lipinski definition) is 7. The minimum absolute atomic E-state index is 0.00754. The van der Waals surface area contributed by atoms with Crippen LogP contribution in [0.3, 0.4) is 0 Å². The van der Waals surface area contributed by atoms with Crippen LogP contribution < -0.4 is 4.90 Å². The number of rotatable bonds is 1. The van der Waals surface area contributed by atoms with Crippen LogP contribution >= 0.6 is 15.9 Å². The number of carbonyl (C=O) groups excluding carboxylic acids is 2. The summed E-state index contributed by atoms with van der Waals surface area (Å²) < 4.78 is 6.10. The number of nitrogens with zero attached hydrogens (tertiary/aromatic N) is 6. The smallest absolute Gasteiger partial charge is 0.410 e. The first-order valence-electron chi connectivity index (χ1n) is 8.97. The molecule has 4 rings (SSSR count). The molecule has 1 aromatic rings. The van der Waals surface area contributed by atoms with Crippen molar-refractivity contribution in [3.05, 3.63) is 16.9 Å². The third kappa shape index (κ3) is 3.36. The first-order valence-corrected chi connectivity index (χ1v) is 9.76. The lowest BCUT2D eigenvalue weighted by Gasteiger charge is -2.46. The van der Waals surface area contributed by atoms with Gasteiger partial charge in [-0.15, -0.1) is 0 Å². The fourth-order valence-electron chi connectivity index (χ4n) is 3.24. The van der Waals surface area contributed by atoms with Gasteiger partial charge in [-0.3, -0.25) is 4.79 Å². The van der Waals surface area contributed by atoms with Crippen LogP contribution in [-0.4, -0.2) is 76.8 Å². The minimum Gasteiger partial charge on any atom is -0.444 e. The molecule has 0 N–H and O–H groups in total. The summed E-state index contributed by atoms with van der Waals surface area (Å²) in [7, 11) is 1.73. The molecule has 2 amide bonds. The highest BCUT2D eigenvalue weighted by atomic mass is 79.9. The summed E-state index contributed by atoms with van der Waals surface area (Å²) in [6.45, 7) is 6.90. The monoisotopic (exact) mass is 448 g/mol. The summed E-state index contributed by atoms with van der Waals surface area (Å²) in [6, 6.07) is 1.84. The lowest BCUT2D eigenvalue weighted by atomic mass is 10.1. The molecule has 0 saturated carbocycles. The summed E-state index contributed by atoms with van der Waals surface area (Å²) in [5.74, 6) is 0.983. The number of ether oxygens (including phenoxy) is 1. The maximum Gasteiger partial charge on any atom is 0.410 e. The maximum atomic E-state index is 12.3. The highest BCUT2D eigenvalue weighted by Crippen LogP contribution is 2.37. The van der Waals surface area contributed by atoms with Gasteiger partial charge in [0.1, 0.15) is 22.4 Å². The summed E-state index contributed by atoms with van der Waals surface area (Å²) in [5.41, 5.74) is 0.959. The van der Waals surface area contributed by atoms with E-state index in [0.717, 1.165) is 5.69 Å². The molecular weight excluding hydrogens is 428 g/mol. The van der Waals surface area contributed by atoms with Crippen LogP contribution in [0.15, 0.2) is 26.9 Å². The molecule has 0 aliphatic carbocycles. The fourth-order valence-corrected chi connectivity index (χ4v) is 3.56. The molecule has 0 spiro atoms. The van der Waals surface area contributed by atoms with E-state index in [2.05, 4.69) is 30.9 Å². The fraction of sp³-hybridized carbons (Fsp3) is 0.500. The van der Waals surface area contributed by atoms with Gasteiger partial charge in [0.15, 0.2) is 11.7 Å². The molecule has 10 heteroatoms. The minimum atomic E-state index is -0.535. The van der Waals surface area contributed by atoms with Crippen molar-refractivity contribution in [1.29, 1.82) is 0 Å². The Morgan fingerprint density at radius 2 is 2.00 bits per heavy atom. The third-order valence-electron chi connectivity index (χ3n) is 4.72. The lowest BCUT2D eigenvalue weighted by Crippen LogP contribution is -2.64. The van der Waals surface area contributed by atoms with Crippen molar-refractivity contribution in [2.24, 2.45) is 9.98 Å². The van der Waals surface area contributed by atoms with Crippen molar-refractivity contribution < 1.29 is 14.3 Å². The number of fused-ring (bicyclic) bond motifs is 3. The first kappa shape index (κ1) is 18.9. The second-order valence-corrected chi connectivity index (χ2v) is 8.81. The number of aromatic nitrogens is 1. The quantitative estimate of drug-likeness (QED) is 0.611. The van der Waals surface area contributed by atoms with Crippen molar-refractivity contribution in [2.75, 3.05) is 31.6 Å². The molecule has 1 fully saturated rings. The Balaban J connectivity index is 1.52. The number of amides is 2. The second kappa shape index (κ2) is 6.54. The van der Waals surface area contributed by atoms with Crippen LogP contribution in [0, 0.1) is 0 Å². The van der Waals surface area contributed by atoms with Gasteiger partial charge in [-0.1, -0.05) is 0 Å². The molecule has 0 radical (unpaired) electrons. The summed E-state index contributed by atoms with van der Waals surface area (Å²) in [5, 5.41) is 0. The molecule has 28 heavy (non-hydrogen) atoms. The van der Waals surface area contributed by atoms with Gasteiger partial charge in [-0.2, -0.15) is 4.99 Å². The van der Waals surface area contributed by atoms with Gasteiger partial charge in [0.25, 0.3) is 5.91 Å². The molecule has 3 aliphatic rings. The number of amidine groups is 2. The Morgan fingerprint density at radius 3 is 2.68 bits per heavy atom. The Kier molecular flexibility index (Phi) is 4.40. The zero-order valence-electron chi connectivity index (χ0n) is 16.1. The lowest BCUT2D eigenvalue weighted by molar-refractivity contribution is -0.115. The van der Waals surface area contributed by atoms with Crippen molar-refractivity contribution in [3.8, 4) is 0 Å². The molecule has 1 aromatic heterocycles. The molecule has 4 heterocycles. The average molecular weight is 449 g/mol. The van der Waals surface area contributed by atoms with Gasteiger partial charge in [0.05, 0.1) is 17.9 Å². The number of likely N-dealkylation sites (tertiary alicyclic amines) is 1. The Labute approximate surface area is 171 Å². The maximum absolute atomic E-state index is 12.3. The second-order valence-electron chi connectivity index (χ2n) is 8.00. The average Bonchev–Trinajstić information content (AvgIpc) is 2.94. The van der Waals surface area contributed by atoms with Crippen molar-refractivity contribution >= 4 is 51.0 Å². The summed E-state index contributed by atoms with van der Waals surface area (Å²) in [4.78, 5) is 42.8. The first-order chi connectivity index (χ1) is 13.1. The molecule has 148 valence electrons. The van der Waals surface area contributed by atoms with E-state index in [9.17, 15) is 9.59 Å². The largest absolute Gasteiger partial charge is 0.444 e. The normalized spacial score (nSPS) is 18.8. The van der Waals surface area contributed by atoms with Crippen LogP contribution in [0.4, 0.5) is 16.2 Å². The van der Waals surface area contributed by atoms with Crippen molar-refractivity contribution in [2.45, 2.75) is 32.4 Å². The van der Waals surface area contributed by atoms with E-state index in [0.29, 0.717) is 35.1 Å².